The Bertz CT molecular complexity index is 314. The number of hydrogen-bond donors (Lipinski definition) is 1. The number of aliphatic imine (C=N–C) groups is 1. The van der Waals surface area contributed by atoms with Crippen LogP contribution in [0.4, 0.5) is 0 Å². The highest BCUT2D eigenvalue weighted by molar-refractivity contribution is 5.81. The van der Waals surface area contributed by atoms with Crippen molar-refractivity contribution in [2.75, 3.05) is 6.61 Å². The zero-order valence-corrected chi connectivity index (χ0v) is 11.0. The van der Waals surface area contributed by atoms with Crippen LogP contribution in [0.5, 0.6) is 0 Å². The molecule has 0 radical (unpaired) electrons. The minimum atomic E-state index is 0.0571. The minimum Gasteiger partial charge on any atom is -0.404 e. The molecule has 0 spiro atoms. The van der Waals surface area contributed by atoms with Crippen LogP contribution in [0.25, 0.3) is 0 Å². The number of rotatable bonds is 4. The van der Waals surface area contributed by atoms with Crippen molar-refractivity contribution in [3.63, 3.8) is 0 Å². The first kappa shape index (κ1) is 12.6. The van der Waals surface area contributed by atoms with Crippen LogP contribution in [0.3, 0.4) is 0 Å². The summed E-state index contributed by atoms with van der Waals surface area (Å²) in [6.45, 7) is 5.37. The van der Waals surface area contributed by atoms with Crippen LogP contribution in [0.15, 0.2) is 16.8 Å². The molecule has 3 heteroatoms. The Hall–Kier alpha value is -0.830. The van der Waals surface area contributed by atoms with E-state index in [-0.39, 0.29) is 6.23 Å². The van der Waals surface area contributed by atoms with Gasteiger partial charge in [0.15, 0.2) is 0 Å². The van der Waals surface area contributed by atoms with Crippen LogP contribution in [-0.4, -0.2) is 19.0 Å². The second-order valence-corrected chi connectivity index (χ2v) is 5.34. The number of nitrogens with zero attached hydrogens (tertiary/aromatic N) is 1. The third-order valence-corrected chi connectivity index (χ3v) is 4.37. The molecule has 0 aromatic carbocycles. The number of nitrogens with two attached hydrogens (primary N) is 1. The molecule has 3 unspecified atom stereocenters. The molecule has 2 N–H and O–H groups in total. The Morgan fingerprint density at radius 2 is 2.29 bits per heavy atom. The van der Waals surface area contributed by atoms with Gasteiger partial charge in [-0.1, -0.05) is 13.8 Å². The summed E-state index contributed by atoms with van der Waals surface area (Å²) in [6, 6.07) is 0. The van der Waals surface area contributed by atoms with Gasteiger partial charge in [-0.05, 0) is 49.8 Å². The first-order valence-electron chi connectivity index (χ1n) is 6.80. The van der Waals surface area contributed by atoms with Gasteiger partial charge in [0.2, 0.25) is 0 Å². The molecular formula is C14H24N2O. The molecule has 1 heterocycles. The van der Waals surface area contributed by atoms with Crippen molar-refractivity contribution in [3.8, 4) is 0 Å². The van der Waals surface area contributed by atoms with Crippen LogP contribution >= 0.6 is 0 Å². The zero-order chi connectivity index (χ0) is 12.3. The summed E-state index contributed by atoms with van der Waals surface area (Å²) < 4.78 is 5.60. The number of ether oxygens (including phenoxy) is 1. The van der Waals surface area contributed by atoms with E-state index in [4.69, 9.17) is 10.5 Å². The second-order valence-electron chi connectivity index (χ2n) is 5.34. The molecule has 0 aromatic heterocycles. The predicted octanol–water partition coefficient (Wildman–Crippen LogP) is 2.86. The molecule has 3 atom stereocenters. The molecule has 1 aliphatic carbocycles. The zero-order valence-electron chi connectivity index (χ0n) is 11.0. The molecule has 1 saturated heterocycles. The van der Waals surface area contributed by atoms with E-state index in [0.717, 1.165) is 25.4 Å². The maximum absolute atomic E-state index is 5.76. The van der Waals surface area contributed by atoms with Crippen molar-refractivity contribution >= 4 is 6.21 Å². The molecular weight excluding hydrogens is 212 g/mol. The van der Waals surface area contributed by atoms with Gasteiger partial charge >= 0.3 is 0 Å². The van der Waals surface area contributed by atoms with Crippen LogP contribution in [-0.2, 0) is 4.74 Å². The first-order valence-corrected chi connectivity index (χ1v) is 6.80. The summed E-state index contributed by atoms with van der Waals surface area (Å²) in [5.41, 5.74) is 7.25. The number of hydrogen-bond acceptors (Lipinski definition) is 3. The van der Waals surface area contributed by atoms with Crippen molar-refractivity contribution in [1.29, 1.82) is 0 Å². The normalized spacial score (nSPS) is 38.6. The highest BCUT2D eigenvalue weighted by Crippen LogP contribution is 2.59. The molecule has 0 bridgehead atoms. The largest absolute Gasteiger partial charge is 0.404 e. The maximum Gasteiger partial charge on any atom is 0.148 e. The fourth-order valence-electron chi connectivity index (χ4n) is 2.93. The lowest BCUT2D eigenvalue weighted by Gasteiger charge is -2.20. The van der Waals surface area contributed by atoms with Gasteiger partial charge in [0.05, 0.1) is 0 Å². The van der Waals surface area contributed by atoms with Crippen LogP contribution in [0.2, 0.25) is 0 Å². The van der Waals surface area contributed by atoms with Crippen molar-refractivity contribution in [2.45, 2.75) is 52.2 Å². The molecule has 1 saturated carbocycles. The van der Waals surface area contributed by atoms with Gasteiger partial charge in [0, 0.05) is 18.2 Å². The highest BCUT2D eigenvalue weighted by atomic mass is 16.5. The number of allylic oxidation sites excluding steroid dienone is 1. The first-order chi connectivity index (χ1) is 8.23. The highest BCUT2D eigenvalue weighted by Gasteiger charge is 2.51. The molecule has 96 valence electrons. The van der Waals surface area contributed by atoms with Crippen molar-refractivity contribution in [2.24, 2.45) is 22.1 Å². The molecule has 1 aliphatic heterocycles. The average molecular weight is 236 g/mol. The van der Waals surface area contributed by atoms with Gasteiger partial charge in [-0.3, -0.25) is 4.99 Å². The van der Waals surface area contributed by atoms with E-state index in [9.17, 15) is 0 Å². The fraction of sp³-hybridized carbons (Fsp3) is 0.786. The van der Waals surface area contributed by atoms with E-state index in [0.29, 0.717) is 5.41 Å². The Morgan fingerprint density at radius 1 is 1.53 bits per heavy atom. The van der Waals surface area contributed by atoms with Gasteiger partial charge in [-0.25, -0.2) is 0 Å². The van der Waals surface area contributed by atoms with E-state index < -0.39 is 0 Å². The van der Waals surface area contributed by atoms with E-state index in [1.165, 1.54) is 24.8 Å². The molecule has 17 heavy (non-hydrogen) atoms. The van der Waals surface area contributed by atoms with Gasteiger partial charge in [0.1, 0.15) is 6.23 Å². The Balaban J connectivity index is 1.98. The van der Waals surface area contributed by atoms with Gasteiger partial charge < -0.3 is 10.5 Å². The van der Waals surface area contributed by atoms with Crippen LogP contribution < -0.4 is 5.73 Å². The van der Waals surface area contributed by atoms with Crippen molar-refractivity contribution in [1.82, 2.24) is 0 Å². The van der Waals surface area contributed by atoms with Gasteiger partial charge in [-0.2, -0.15) is 0 Å². The third kappa shape index (κ3) is 2.54. The lowest BCUT2D eigenvalue weighted by Crippen LogP contribution is -2.18. The van der Waals surface area contributed by atoms with Crippen LogP contribution in [0, 0.1) is 11.3 Å². The SMILES string of the molecule is CCC1(C(=C/N)/C=N/C2CCCCO2)CC1C. The monoisotopic (exact) mass is 236 g/mol. The predicted molar refractivity (Wildman–Crippen MR) is 70.9 cm³/mol. The molecule has 0 aromatic rings. The Labute approximate surface area is 104 Å². The fourth-order valence-corrected chi connectivity index (χ4v) is 2.93. The molecule has 2 aliphatic rings. The maximum atomic E-state index is 5.76. The Kier molecular flexibility index (Phi) is 3.87. The summed E-state index contributed by atoms with van der Waals surface area (Å²) in [5.74, 6) is 0.737. The van der Waals surface area contributed by atoms with E-state index in [2.05, 4.69) is 18.8 Å². The van der Waals surface area contributed by atoms with Crippen molar-refractivity contribution in [3.05, 3.63) is 11.8 Å². The molecule has 0 amide bonds. The minimum absolute atomic E-state index is 0.0571. The standard InChI is InChI=1S/C14H24N2O/c1-3-14(8-11(14)2)12(9-15)10-16-13-6-4-5-7-17-13/h9-11,13H,3-8,15H2,1-2H3/b12-9+,16-10+. The molecule has 3 nitrogen and oxygen atoms in total. The van der Waals surface area contributed by atoms with E-state index in [1.54, 1.807) is 6.20 Å². The topological polar surface area (TPSA) is 47.6 Å². The summed E-state index contributed by atoms with van der Waals surface area (Å²) in [4.78, 5) is 4.55. The molecule has 2 fully saturated rings. The summed E-state index contributed by atoms with van der Waals surface area (Å²) in [6.07, 6.45) is 9.58. The van der Waals surface area contributed by atoms with Crippen molar-refractivity contribution < 1.29 is 4.74 Å². The van der Waals surface area contributed by atoms with E-state index in [1.807, 2.05) is 6.21 Å². The quantitative estimate of drug-likeness (QED) is 0.763. The smallest absolute Gasteiger partial charge is 0.148 e. The summed E-state index contributed by atoms with van der Waals surface area (Å²) in [5, 5.41) is 0. The molecule has 2 rings (SSSR count). The Morgan fingerprint density at radius 3 is 2.76 bits per heavy atom. The third-order valence-electron chi connectivity index (χ3n) is 4.37. The van der Waals surface area contributed by atoms with E-state index >= 15 is 0 Å². The average Bonchev–Trinajstić information content (AvgIpc) is 3.03. The van der Waals surface area contributed by atoms with Gasteiger partial charge in [0.25, 0.3) is 0 Å². The second kappa shape index (κ2) is 5.21. The van der Waals surface area contributed by atoms with Gasteiger partial charge in [-0.15, -0.1) is 0 Å². The lowest BCUT2D eigenvalue weighted by atomic mass is 9.92. The summed E-state index contributed by atoms with van der Waals surface area (Å²) >= 11 is 0. The lowest BCUT2D eigenvalue weighted by molar-refractivity contribution is 0.0226. The summed E-state index contributed by atoms with van der Waals surface area (Å²) in [7, 11) is 0. The van der Waals surface area contributed by atoms with Crippen LogP contribution in [0.1, 0.15) is 46.0 Å².